The second-order valence-corrected chi connectivity index (χ2v) is 11.5. The molecule has 1 aliphatic carbocycles. The van der Waals surface area contributed by atoms with Crippen molar-refractivity contribution >= 4 is 56.5 Å². The zero-order valence-electron chi connectivity index (χ0n) is 19.9. The fourth-order valence-corrected chi connectivity index (χ4v) is 7.07. The van der Waals surface area contributed by atoms with Crippen molar-refractivity contribution in [1.29, 1.82) is 0 Å². The molecular formula is C27H26ClN3O2S2. The fourth-order valence-electron chi connectivity index (χ4n) is 4.58. The van der Waals surface area contributed by atoms with Crippen LogP contribution in [0.1, 0.15) is 40.0 Å². The van der Waals surface area contributed by atoms with Gasteiger partial charge in [-0.1, -0.05) is 47.1 Å². The highest BCUT2D eigenvalue weighted by Gasteiger charge is 2.23. The molecule has 0 fully saturated rings. The average molecular weight is 524 g/mol. The third kappa shape index (κ3) is 4.77. The molecule has 4 aromatic rings. The molecule has 2 aromatic carbocycles. The van der Waals surface area contributed by atoms with E-state index in [9.17, 15) is 9.59 Å². The van der Waals surface area contributed by atoms with Gasteiger partial charge in [0, 0.05) is 4.88 Å². The van der Waals surface area contributed by atoms with Gasteiger partial charge in [-0.05, 0) is 81.3 Å². The smallest absolute Gasteiger partial charge is 0.267 e. The lowest BCUT2D eigenvalue weighted by atomic mass is 9.97. The summed E-state index contributed by atoms with van der Waals surface area (Å²) < 4.78 is 1.66. The van der Waals surface area contributed by atoms with Crippen molar-refractivity contribution in [3.63, 3.8) is 0 Å². The normalized spacial score (nSPS) is 13.1. The number of halogens is 1. The number of carbonyl (C=O) groups is 1. The summed E-state index contributed by atoms with van der Waals surface area (Å²) in [6, 6.07) is 11.7. The van der Waals surface area contributed by atoms with Gasteiger partial charge in [0.05, 0.1) is 27.5 Å². The quantitative estimate of drug-likeness (QED) is 0.235. The first-order valence-corrected chi connectivity index (χ1v) is 13.8. The van der Waals surface area contributed by atoms with Crippen molar-refractivity contribution < 1.29 is 4.79 Å². The summed E-state index contributed by atoms with van der Waals surface area (Å²) in [6.45, 7) is 5.90. The Hall–Kier alpha value is -2.61. The summed E-state index contributed by atoms with van der Waals surface area (Å²) in [7, 11) is 0. The third-order valence-corrected chi connectivity index (χ3v) is 8.70. The zero-order chi connectivity index (χ0) is 24.7. The molecule has 35 heavy (non-hydrogen) atoms. The van der Waals surface area contributed by atoms with Crippen LogP contribution in [0.5, 0.6) is 0 Å². The molecule has 0 saturated heterocycles. The molecule has 0 atom stereocenters. The summed E-state index contributed by atoms with van der Waals surface area (Å²) in [5.74, 6) is -0.0856. The number of hydrogen-bond acceptors (Lipinski definition) is 5. The maximum atomic E-state index is 13.8. The molecule has 0 bridgehead atoms. The van der Waals surface area contributed by atoms with Crippen molar-refractivity contribution in [2.45, 2.75) is 51.6 Å². The Morgan fingerprint density at radius 1 is 1.11 bits per heavy atom. The van der Waals surface area contributed by atoms with Crippen LogP contribution in [0.25, 0.3) is 15.9 Å². The molecule has 0 spiro atoms. The number of amides is 1. The van der Waals surface area contributed by atoms with Crippen LogP contribution in [0.4, 0.5) is 5.69 Å². The minimum atomic E-state index is -0.195. The van der Waals surface area contributed by atoms with Crippen LogP contribution in [0.2, 0.25) is 5.02 Å². The summed E-state index contributed by atoms with van der Waals surface area (Å²) in [4.78, 5) is 33.6. The van der Waals surface area contributed by atoms with Gasteiger partial charge in [-0.2, -0.15) is 0 Å². The lowest BCUT2D eigenvalue weighted by Gasteiger charge is -2.14. The van der Waals surface area contributed by atoms with Crippen molar-refractivity contribution in [3.8, 4) is 5.69 Å². The number of nitrogens with zero attached hydrogens (tertiary/aromatic N) is 2. The molecular weight excluding hydrogens is 498 g/mol. The maximum absolute atomic E-state index is 13.8. The molecule has 5 nitrogen and oxygen atoms in total. The van der Waals surface area contributed by atoms with Crippen molar-refractivity contribution in [3.05, 3.63) is 78.9 Å². The van der Waals surface area contributed by atoms with Crippen LogP contribution < -0.4 is 10.9 Å². The molecule has 0 aliphatic heterocycles. The fraction of sp³-hybridized carbons (Fsp3) is 0.296. The van der Waals surface area contributed by atoms with Gasteiger partial charge in [0.25, 0.3) is 5.56 Å². The number of rotatable bonds is 5. The molecule has 0 unspecified atom stereocenters. The van der Waals surface area contributed by atoms with Crippen LogP contribution in [-0.2, 0) is 17.6 Å². The molecule has 180 valence electrons. The minimum Gasteiger partial charge on any atom is -0.324 e. The van der Waals surface area contributed by atoms with E-state index in [4.69, 9.17) is 16.6 Å². The van der Waals surface area contributed by atoms with Gasteiger partial charge in [0.1, 0.15) is 4.83 Å². The molecule has 1 amide bonds. The number of anilines is 1. The number of fused-ring (bicyclic) bond motifs is 3. The molecule has 0 saturated carbocycles. The Morgan fingerprint density at radius 2 is 1.86 bits per heavy atom. The standard InChI is InChI=1S/C27H26ClN3O2S2/c1-15-8-10-18(11-9-15)31-26(33)23-19-6-4-5-7-21(19)35-25(23)30-27(31)34-14-22(32)29-24-17(3)12-16(2)13-20(24)28/h8-13H,4-7,14H2,1-3H3,(H,29,32). The van der Waals surface area contributed by atoms with E-state index in [-0.39, 0.29) is 17.2 Å². The third-order valence-electron chi connectivity index (χ3n) is 6.28. The van der Waals surface area contributed by atoms with Crippen LogP contribution in [-0.4, -0.2) is 21.2 Å². The van der Waals surface area contributed by atoms with E-state index in [1.807, 2.05) is 57.2 Å². The molecule has 5 rings (SSSR count). The molecule has 2 aromatic heterocycles. The molecule has 1 aliphatic rings. The second-order valence-electron chi connectivity index (χ2n) is 9.04. The summed E-state index contributed by atoms with van der Waals surface area (Å²) >= 11 is 9.26. The topological polar surface area (TPSA) is 64.0 Å². The highest BCUT2D eigenvalue weighted by molar-refractivity contribution is 7.99. The van der Waals surface area contributed by atoms with Crippen LogP contribution in [0.15, 0.2) is 46.3 Å². The molecule has 8 heteroatoms. The number of nitrogens with one attached hydrogen (secondary N) is 1. The van der Waals surface area contributed by atoms with Gasteiger partial charge in [0.15, 0.2) is 5.16 Å². The monoisotopic (exact) mass is 523 g/mol. The van der Waals surface area contributed by atoms with Crippen molar-refractivity contribution in [2.24, 2.45) is 0 Å². The summed E-state index contributed by atoms with van der Waals surface area (Å²) in [6.07, 6.45) is 4.17. The minimum absolute atomic E-state index is 0.0569. The average Bonchev–Trinajstić information content (AvgIpc) is 3.19. The van der Waals surface area contributed by atoms with Gasteiger partial charge >= 0.3 is 0 Å². The number of aromatic nitrogens is 2. The number of benzene rings is 2. The SMILES string of the molecule is Cc1ccc(-n2c(SCC(=O)Nc3c(C)cc(C)cc3Cl)nc3sc4c(c3c2=O)CCCC4)cc1. The highest BCUT2D eigenvalue weighted by atomic mass is 35.5. The zero-order valence-corrected chi connectivity index (χ0v) is 22.3. The number of thiophene rings is 1. The van der Waals surface area contributed by atoms with E-state index >= 15 is 0 Å². The number of carbonyl (C=O) groups excluding carboxylic acids is 1. The first-order valence-electron chi connectivity index (χ1n) is 11.7. The second kappa shape index (κ2) is 9.80. The number of thioether (sulfide) groups is 1. The van der Waals surface area contributed by atoms with Gasteiger partial charge in [-0.15, -0.1) is 11.3 Å². The Balaban J connectivity index is 1.51. The Labute approximate surface area is 217 Å². The van der Waals surface area contributed by atoms with E-state index in [1.54, 1.807) is 15.9 Å². The van der Waals surface area contributed by atoms with E-state index in [0.717, 1.165) is 63.8 Å². The first kappa shape index (κ1) is 24.1. The number of hydrogen-bond donors (Lipinski definition) is 1. The van der Waals surface area contributed by atoms with E-state index < -0.39 is 0 Å². The first-order chi connectivity index (χ1) is 16.8. The van der Waals surface area contributed by atoms with Crippen molar-refractivity contribution in [1.82, 2.24) is 9.55 Å². The van der Waals surface area contributed by atoms with Gasteiger partial charge in [-0.3, -0.25) is 14.2 Å². The van der Waals surface area contributed by atoms with E-state index in [2.05, 4.69) is 5.32 Å². The molecule has 1 N–H and O–H groups in total. The van der Waals surface area contributed by atoms with Gasteiger partial charge in [0.2, 0.25) is 5.91 Å². The predicted molar refractivity (Wildman–Crippen MR) is 147 cm³/mol. The lowest BCUT2D eigenvalue weighted by molar-refractivity contribution is -0.113. The van der Waals surface area contributed by atoms with E-state index in [0.29, 0.717) is 15.9 Å². The van der Waals surface area contributed by atoms with Gasteiger partial charge in [-0.25, -0.2) is 4.98 Å². The lowest BCUT2D eigenvalue weighted by Crippen LogP contribution is -2.23. The van der Waals surface area contributed by atoms with Crippen molar-refractivity contribution in [2.75, 3.05) is 11.1 Å². The van der Waals surface area contributed by atoms with Crippen LogP contribution in [0, 0.1) is 20.8 Å². The van der Waals surface area contributed by atoms with Crippen LogP contribution in [0.3, 0.4) is 0 Å². The highest BCUT2D eigenvalue weighted by Crippen LogP contribution is 2.35. The Morgan fingerprint density at radius 3 is 2.60 bits per heavy atom. The largest absolute Gasteiger partial charge is 0.324 e. The predicted octanol–water partition coefficient (Wildman–Crippen LogP) is 6.64. The molecule has 0 radical (unpaired) electrons. The number of aryl methyl sites for hydroxylation is 5. The Bertz CT molecular complexity index is 1480. The molecule has 2 heterocycles. The summed E-state index contributed by atoms with van der Waals surface area (Å²) in [5, 5.41) is 4.70. The van der Waals surface area contributed by atoms with Gasteiger partial charge < -0.3 is 5.32 Å². The van der Waals surface area contributed by atoms with E-state index in [1.165, 1.54) is 16.6 Å². The Kier molecular flexibility index (Phi) is 6.75. The summed E-state index contributed by atoms with van der Waals surface area (Å²) in [5.41, 5.74) is 5.54. The van der Waals surface area contributed by atoms with Crippen LogP contribution >= 0.6 is 34.7 Å². The maximum Gasteiger partial charge on any atom is 0.267 e.